The van der Waals surface area contributed by atoms with Crippen LogP contribution < -0.4 is 0 Å². The van der Waals surface area contributed by atoms with Crippen molar-refractivity contribution in [1.29, 1.82) is 0 Å². The maximum Gasteiger partial charge on any atom is 0.418 e. The van der Waals surface area contributed by atoms with Crippen LogP contribution in [0.15, 0.2) is 24.4 Å². The summed E-state index contributed by atoms with van der Waals surface area (Å²) < 4.78 is 28.5. The molecule has 0 saturated heterocycles. The lowest BCUT2D eigenvalue weighted by atomic mass is 9.98. The number of halogens is 1. The molecule has 0 aliphatic rings. The fraction of sp³-hybridized carbons (Fsp3) is 0.267. The lowest BCUT2D eigenvalue weighted by Gasteiger charge is -2.11. The first-order chi connectivity index (χ1) is 10.9. The SMILES string of the molecule is COC(=O)C(C(=O)OC)c1cn(C(=O)OC)c2ccc(F)cc12. The van der Waals surface area contributed by atoms with E-state index in [-0.39, 0.29) is 16.5 Å². The number of esters is 2. The second-order valence-electron chi connectivity index (χ2n) is 4.57. The number of nitrogens with zero attached hydrogens (tertiary/aromatic N) is 1. The molecule has 2 rings (SSSR count). The number of hydrogen-bond acceptors (Lipinski definition) is 6. The van der Waals surface area contributed by atoms with Crippen LogP contribution in [0.4, 0.5) is 9.18 Å². The third-order valence-corrected chi connectivity index (χ3v) is 3.35. The molecule has 7 nitrogen and oxygen atoms in total. The molecule has 1 aromatic carbocycles. The molecule has 0 radical (unpaired) electrons. The van der Waals surface area contributed by atoms with Gasteiger partial charge in [-0.3, -0.25) is 14.2 Å². The minimum atomic E-state index is -1.44. The van der Waals surface area contributed by atoms with Crippen molar-refractivity contribution in [2.24, 2.45) is 0 Å². The smallest absolute Gasteiger partial charge is 0.418 e. The van der Waals surface area contributed by atoms with Gasteiger partial charge in [-0.25, -0.2) is 9.18 Å². The summed E-state index contributed by atoms with van der Waals surface area (Å²) in [7, 11) is 3.39. The Labute approximate surface area is 130 Å². The van der Waals surface area contributed by atoms with Gasteiger partial charge < -0.3 is 14.2 Å². The van der Waals surface area contributed by atoms with Gasteiger partial charge in [-0.1, -0.05) is 0 Å². The van der Waals surface area contributed by atoms with Crippen molar-refractivity contribution in [3.05, 3.63) is 35.8 Å². The van der Waals surface area contributed by atoms with E-state index in [1.807, 2.05) is 0 Å². The van der Waals surface area contributed by atoms with E-state index < -0.39 is 29.8 Å². The molecule has 0 unspecified atom stereocenters. The predicted octanol–water partition coefficient (Wildman–Crippen LogP) is 1.82. The maximum absolute atomic E-state index is 13.6. The van der Waals surface area contributed by atoms with Crippen LogP contribution in [0, 0.1) is 5.82 Å². The molecule has 0 atom stereocenters. The van der Waals surface area contributed by atoms with Gasteiger partial charge in [0.15, 0.2) is 5.92 Å². The second kappa shape index (κ2) is 6.47. The third kappa shape index (κ3) is 2.87. The van der Waals surface area contributed by atoms with Gasteiger partial charge in [-0.2, -0.15) is 0 Å². The summed E-state index contributed by atoms with van der Waals surface area (Å²) in [6.07, 6.45) is 0.482. The molecule has 8 heteroatoms. The summed E-state index contributed by atoms with van der Waals surface area (Å²) in [5.74, 6) is -3.80. The summed E-state index contributed by atoms with van der Waals surface area (Å²) >= 11 is 0. The standard InChI is InChI=1S/C15H14FNO6/c1-21-13(18)12(14(19)22-2)10-7-17(15(20)23-3)11-5-4-8(16)6-9(10)11/h4-7,12H,1-3H3. The van der Waals surface area contributed by atoms with E-state index in [9.17, 15) is 18.8 Å². The molecule has 0 amide bonds. The highest BCUT2D eigenvalue weighted by Crippen LogP contribution is 2.30. The molecule has 1 heterocycles. The number of benzene rings is 1. The van der Waals surface area contributed by atoms with E-state index >= 15 is 0 Å². The quantitative estimate of drug-likeness (QED) is 0.487. The van der Waals surface area contributed by atoms with E-state index in [4.69, 9.17) is 0 Å². The van der Waals surface area contributed by atoms with Crippen molar-refractivity contribution in [2.45, 2.75) is 5.92 Å². The number of fused-ring (bicyclic) bond motifs is 1. The van der Waals surface area contributed by atoms with Gasteiger partial charge in [0.1, 0.15) is 5.82 Å². The second-order valence-corrected chi connectivity index (χ2v) is 4.57. The molecular formula is C15H14FNO6. The highest BCUT2D eigenvalue weighted by Gasteiger charge is 2.34. The molecule has 122 valence electrons. The number of methoxy groups -OCH3 is 3. The Hall–Kier alpha value is -2.90. The number of aromatic nitrogens is 1. The topological polar surface area (TPSA) is 83.8 Å². The summed E-state index contributed by atoms with van der Waals surface area (Å²) in [5, 5.41) is 0.205. The van der Waals surface area contributed by atoms with E-state index in [0.29, 0.717) is 0 Å². The number of hydrogen-bond donors (Lipinski definition) is 0. The molecule has 0 aliphatic heterocycles. The normalized spacial score (nSPS) is 10.7. The average molecular weight is 323 g/mol. The molecule has 0 saturated carbocycles. The fourth-order valence-electron chi connectivity index (χ4n) is 2.29. The first-order valence-electron chi connectivity index (χ1n) is 6.49. The van der Waals surface area contributed by atoms with Gasteiger partial charge in [-0.15, -0.1) is 0 Å². The van der Waals surface area contributed by atoms with Crippen molar-refractivity contribution < 1.29 is 33.0 Å². The Kier molecular flexibility index (Phi) is 4.63. The van der Waals surface area contributed by atoms with E-state index in [2.05, 4.69) is 14.2 Å². The van der Waals surface area contributed by atoms with Crippen LogP contribution in [0.2, 0.25) is 0 Å². The van der Waals surface area contributed by atoms with Gasteiger partial charge in [0, 0.05) is 17.1 Å². The molecule has 0 bridgehead atoms. The first kappa shape index (κ1) is 16.5. The van der Waals surface area contributed by atoms with Crippen LogP contribution in [-0.2, 0) is 23.8 Å². The van der Waals surface area contributed by atoms with E-state index in [1.165, 1.54) is 19.4 Å². The van der Waals surface area contributed by atoms with Crippen LogP contribution in [-0.4, -0.2) is 43.9 Å². The molecule has 1 aromatic heterocycles. The Bertz CT molecular complexity index is 766. The Morgan fingerprint density at radius 3 is 2.17 bits per heavy atom. The van der Waals surface area contributed by atoms with Crippen molar-refractivity contribution in [3.8, 4) is 0 Å². The average Bonchev–Trinajstić information content (AvgIpc) is 2.92. The van der Waals surface area contributed by atoms with Crippen LogP contribution >= 0.6 is 0 Å². The minimum absolute atomic E-state index is 0.0867. The summed E-state index contributed by atoms with van der Waals surface area (Å²) in [4.78, 5) is 35.7. The monoisotopic (exact) mass is 323 g/mol. The van der Waals surface area contributed by atoms with Gasteiger partial charge in [0.2, 0.25) is 0 Å². The first-order valence-corrected chi connectivity index (χ1v) is 6.49. The lowest BCUT2D eigenvalue weighted by Crippen LogP contribution is -2.24. The van der Waals surface area contributed by atoms with Crippen LogP contribution in [0.5, 0.6) is 0 Å². The van der Waals surface area contributed by atoms with E-state index in [1.54, 1.807) is 0 Å². The van der Waals surface area contributed by atoms with Crippen molar-refractivity contribution >= 4 is 28.9 Å². The largest absolute Gasteiger partial charge is 0.468 e. The van der Waals surface area contributed by atoms with Gasteiger partial charge >= 0.3 is 18.0 Å². The number of carbonyl (C=O) groups is 3. The zero-order valence-corrected chi connectivity index (χ0v) is 12.7. The molecular weight excluding hydrogens is 309 g/mol. The molecule has 0 N–H and O–H groups in total. The van der Waals surface area contributed by atoms with Crippen LogP contribution in [0.25, 0.3) is 10.9 Å². The Morgan fingerprint density at radius 1 is 1.04 bits per heavy atom. The molecule has 0 fully saturated rings. The number of ether oxygens (including phenoxy) is 3. The maximum atomic E-state index is 13.6. The van der Waals surface area contributed by atoms with Gasteiger partial charge in [-0.05, 0) is 18.2 Å². The molecule has 2 aromatic rings. The van der Waals surface area contributed by atoms with Crippen molar-refractivity contribution in [3.63, 3.8) is 0 Å². The summed E-state index contributed by atoms with van der Waals surface area (Å²) in [6, 6.07) is 3.61. The highest BCUT2D eigenvalue weighted by molar-refractivity contribution is 6.05. The Morgan fingerprint density at radius 2 is 1.65 bits per heavy atom. The summed E-state index contributed by atoms with van der Waals surface area (Å²) in [6.45, 7) is 0. The number of rotatable bonds is 3. The predicted molar refractivity (Wildman–Crippen MR) is 76.5 cm³/mol. The molecule has 0 spiro atoms. The van der Waals surface area contributed by atoms with Crippen molar-refractivity contribution in [2.75, 3.05) is 21.3 Å². The molecule has 23 heavy (non-hydrogen) atoms. The lowest BCUT2D eigenvalue weighted by molar-refractivity contribution is -0.154. The third-order valence-electron chi connectivity index (χ3n) is 3.35. The summed E-state index contributed by atoms with van der Waals surface area (Å²) in [5.41, 5.74) is 0.370. The molecule has 0 aliphatic carbocycles. The van der Waals surface area contributed by atoms with Crippen LogP contribution in [0.3, 0.4) is 0 Å². The van der Waals surface area contributed by atoms with E-state index in [0.717, 1.165) is 30.9 Å². The zero-order valence-electron chi connectivity index (χ0n) is 12.7. The minimum Gasteiger partial charge on any atom is -0.468 e. The van der Waals surface area contributed by atoms with Gasteiger partial charge in [0.05, 0.1) is 26.8 Å². The fourth-order valence-corrected chi connectivity index (χ4v) is 2.29. The van der Waals surface area contributed by atoms with Gasteiger partial charge in [0.25, 0.3) is 0 Å². The van der Waals surface area contributed by atoms with Crippen molar-refractivity contribution in [1.82, 2.24) is 4.57 Å². The van der Waals surface area contributed by atoms with Crippen LogP contribution in [0.1, 0.15) is 11.5 Å². The number of carbonyl (C=O) groups excluding carboxylic acids is 3. The zero-order chi connectivity index (χ0) is 17.1. The Balaban J connectivity index is 2.76. The highest BCUT2D eigenvalue weighted by atomic mass is 19.1.